The van der Waals surface area contributed by atoms with Gasteiger partial charge in [-0.25, -0.2) is 4.39 Å². The van der Waals surface area contributed by atoms with Crippen LogP contribution in [0.1, 0.15) is 11.3 Å². The highest BCUT2D eigenvalue weighted by Gasteiger charge is 2.02. The van der Waals surface area contributed by atoms with Crippen LogP contribution < -0.4 is 5.32 Å². The van der Waals surface area contributed by atoms with Crippen LogP contribution in [0.2, 0.25) is 0 Å². The summed E-state index contributed by atoms with van der Waals surface area (Å²) < 4.78 is 18.3. The monoisotopic (exact) mass is 284 g/mol. The Balaban J connectivity index is 2.02. The number of halogens is 2. The van der Waals surface area contributed by atoms with Gasteiger partial charge in [0.2, 0.25) is 0 Å². The van der Waals surface area contributed by atoms with Gasteiger partial charge in [0, 0.05) is 12.6 Å². The molecule has 0 amide bonds. The fourth-order valence-electron chi connectivity index (χ4n) is 1.29. The smallest absolute Gasteiger partial charge is 0.169 e. The lowest BCUT2D eigenvalue weighted by Crippen LogP contribution is -1.99. The van der Waals surface area contributed by atoms with Gasteiger partial charge in [-0.1, -0.05) is 11.2 Å². The molecule has 84 valence electrons. The summed E-state index contributed by atoms with van der Waals surface area (Å²) in [5.41, 5.74) is 0.967. The van der Waals surface area contributed by atoms with E-state index in [2.05, 4.69) is 26.4 Å². The zero-order valence-corrected chi connectivity index (χ0v) is 10.2. The van der Waals surface area contributed by atoms with Gasteiger partial charge in [0.05, 0.1) is 4.47 Å². The quantitative estimate of drug-likeness (QED) is 0.938. The summed E-state index contributed by atoms with van der Waals surface area (Å²) >= 11 is 3.14. The first-order valence-electron chi connectivity index (χ1n) is 4.76. The van der Waals surface area contributed by atoms with Crippen molar-refractivity contribution in [2.24, 2.45) is 0 Å². The van der Waals surface area contributed by atoms with Crippen LogP contribution in [0.4, 0.5) is 10.2 Å². The Hall–Kier alpha value is -1.36. The fraction of sp³-hybridized carbons (Fsp3) is 0.182. The summed E-state index contributed by atoms with van der Waals surface area (Å²) in [4.78, 5) is 0. The van der Waals surface area contributed by atoms with Crippen LogP contribution in [-0.2, 0) is 6.54 Å². The Kier molecular flexibility index (Phi) is 3.24. The van der Waals surface area contributed by atoms with Crippen molar-refractivity contribution >= 4 is 21.7 Å². The zero-order valence-electron chi connectivity index (χ0n) is 8.63. The number of rotatable bonds is 3. The summed E-state index contributed by atoms with van der Waals surface area (Å²) in [6.45, 7) is 2.40. The first-order valence-corrected chi connectivity index (χ1v) is 5.55. The average molecular weight is 285 g/mol. The summed E-state index contributed by atoms with van der Waals surface area (Å²) in [7, 11) is 0. The molecule has 16 heavy (non-hydrogen) atoms. The van der Waals surface area contributed by atoms with Gasteiger partial charge in [0.15, 0.2) is 5.82 Å². The van der Waals surface area contributed by atoms with E-state index in [-0.39, 0.29) is 5.82 Å². The number of hydrogen-bond donors (Lipinski definition) is 1. The SMILES string of the molecule is Cc1cc(NCc2ccc(F)c(Br)c2)no1. The van der Waals surface area contributed by atoms with Gasteiger partial charge >= 0.3 is 0 Å². The number of anilines is 1. The molecule has 3 nitrogen and oxygen atoms in total. The molecule has 1 heterocycles. The topological polar surface area (TPSA) is 38.1 Å². The van der Waals surface area contributed by atoms with E-state index in [1.54, 1.807) is 18.2 Å². The fourth-order valence-corrected chi connectivity index (χ4v) is 1.72. The van der Waals surface area contributed by atoms with Crippen LogP contribution in [0.15, 0.2) is 33.3 Å². The first-order chi connectivity index (χ1) is 7.65. The molecule has 0 aliphatic heterocycles. The molecule has 5 heteroatoms. The van der Waals surface area contributed by atoms with E-state index in [0.29, 0.717) is 16.8 Å². The normalized spacial score (nSPS) is 10.4. The Morgan fingerprint density at radius 3 is 2.88 bits per heavy atom. The molecule has 0 saturated carbocycles. The van der Waals surface area contributed by atoms with Crippen molar-refractivity contribution in [2.75, 3.05) is 5.32 Å². The molecule has 0 fully saturated rings. The van der Waals surface area contributed by atoms with Crippen molar-refractivity contribution in [1.82, 2.24) is 5.16 Å². The van der Waals surface area contributed by atoms with Crippen molar-refractivity contribution in [1.29, 1.82) is 0 Å². The predicted octanol–water partition coefficient (Wildman–Crippen LogP) is 3.50. The Labute approximate surface area is 101 Å². The molecule has 1 aromatic heterocycles. The summed E-state index contributed by atoms with van der Waals surface area (Å²) in [6.07, 6.45) is 0. The largest absolute Gasteiger partial charge is 0.363 e. The van der Waals surface area contributed by atoms with Gasteiger partial charge in [-0.05, 0) is 40.5 Å². The molecule has 2 rings (SSSR count). The Morgan fingerprint density at radius 1 is 1.44 bits per heavy atom. The van der Waals surface area contributed by atoms with Crippen LogP contribution in [0.25, 0.3) is 0 Å². The predicted molar refractivity (Wildman–Crippen MR) is 62.7 cm³/mol. The van der Waals surface area contributed by atoms with E-state index in [9.17, 15) is 4.39 Å². The van der Waals surface area contributed by atoms with Crippen LogP contribution in [-0.4, -0.2) is 5.16 Å². The Morgan fingerprint density at radius 2 is 2.25 bits per heavy atom. The minimum atomic E-state index is -0.263. The standard InChI is InChI=1S/C11H10BrFN2O/c1-7-4-11(15-16-7)14-6-8-2-3-10(13)9(12)5-8/h2-5H,6H2,1H3,(H,14,15). The highest BCUT2D eigenvalue weighted by molar-refractivity contribution is 9.10. The van der Waals surface area contributed by atoms with E-state index < -0.39 is 0 Å². The second-order valence-electron chi connectivity index (χ2n) is 3.42. The van der Waals surface area contributed by atoms with Crippen molar-refractivity contribution in [2.45, 2.75) is 13.5 Å². The van der Waals surface area contributed by atoms with Crippen LogP contribution in [0.5, 0.6) is 0 Å². The van der Waals surface area contributed by atoms with Crippen LogP contribution >= 0.6 is 15.9 Å². The first kappa shape index (κ1) is 11.1. The van der Waals surface area contributed by atoms with Crippen molar-refractivity contribution in [3.8, 4) is 0 Å². The van der Waals surface area contributed by atoms with E-state index in [1.165, 1.54) is 6.07 Å². The van der Waals surface area contributed by atoms with E-state index in [0.717, 1.165) is 11.3 Å². The van der Waals surface area contributed by atoms with E-state index >= 15 is 0 Å². The van der Waals surface area contributed by atoms with Crippen molar-refractivity contribution in [3.63, 3.8) is 0 Å². The van der Waals surface area contributed by atoms with Gasteiger partial charge in [-0.15, -0.1) is 0 Å². The maximum absolute atomic E-state index is 13.0. The average Bonchev–Trinajstić information content (AvgIpc) is 2.66. The molecule has 0 saturated heterocycles. The number of hydrogen-bond acceptors (Lipinski definition) is 3. The third kappa shape index (κ3) is 2.61. The van der Waals surface area contributed by atoms with E-state index in [4.69, 9.17) is 4.52 Å². The number of nitrogens with one attached hydrogen (secondary N) is 1. The molecule has 0 aliphatic carbocycles. The maximum Gasteiger partial charge on any atom is 0.169 e. The highest BCUT2D eigenvalue weighted by atomic mass is 79.9. The van der Waals surface area contributed by atoms with Gasteiger partial charge in [0.1, 0.15) is 11.6 Å². The molecule has 0 bridgehead atoms. The summed E-state index contributed by atoms with van der Waals surface area (Å²) in [5, 5.41) is 6.88. The lowest BCUT2D eigenvalue weighted by molar-refractivity contribution is 0.399. The van der Waals surface area contributed by atoms with Gasteiger partial charge in [-0.3, -0.25) is 0 Å². The molecule has 1 aromatic carbocycles. The molecule has 0 aliphatic rings. The van der Waals surface area contributed by atoms with Crippen molar-refractivity contribution < 1.29 is 8.91 Å². The van der Waals surface area contributed by atoms with Gasteiger partial charge < -0.3 is 9.84 Å². The number of aryl methyl sites for hydroxylation is 1. The minimum absolute atomic E-state index is 0.263. The molecular weight excluding hydrogens is 275 g/mol. The molecule has 2 aromatic rings. The van der Waals surface area contributed by atoms with Gasteiger partial charge in [-0.2, -0.15) is 0 Å². The lowest BCUT2D eigenvalue weighted by Gasteiger charge is -2.03. The number of nitrogens with zero attached hydrogens (tertiary/aromatic N) is 1. The summed E-state index contributed by atoms with van der Waals surface area (Å²) in [6, 6.07) is 6.68. The van der Waals surface area contributed by atoms with Crippen molar-refractivity contribution in [3.05, 3.63) is 45.9 Å². The molecule has 0 unspecified atom stereocenters. The third-order valence-corrected chi connectivity index (χ3v) is 2.69. The molecular formula is C11H10BrFN2O. The number of benzene rings is 1. The Bertz CT molecular complexity index is 498. The molecule has 1 N–H and O–H groups in total. The lowest BCUT2D eigenvalue weighted by atomic mass is 10.2. The summed E-state index contributed by atoms with van der Waals surface area (Å²) in [5.74, 6) is 1.17. The second kappa shape index (κ2) is 4.65. The zero-order chi connectivity index (χ0) is 11.5. The molecule has 0 atom stereocenters. The third-order valence-electron chi connectivity index (χ3n) is 2.09. The minimum Gasteiger partial charge on any atom is -0.363 e. The van der Waals surface area contributed by atoms with Crippen LogP contribution in [0.3, 0.4) is 0 Å². The van der Waals surface area contributed by atoms with Crippen LogP contribution in [0, 0.1) is 12.7 Å². The second-order valence-corrected chi connectivity index (χ2v) is 4.28. The highest BCUT2D eigenvalue weighted by Crippen LogP contribution is 2.17. The maximum atomic E-state index is 13.0. The molecule has 0 spiro atoms. The number of aromatic nitrogens is 1. The molecule has 0 radical (unpaired) electrons. The van der Waals surface area contributed by atoms with Gasteiger partial charge in [0.25, 0.3) is 0 Å². The van der Waals surface area contributed by atoms with E-state index in [1.807, 2.05) is 6.92 Å².